The summed E-state index contributed by atoms with van der Waals surface area (Å²) in [6.07, 6.45) is 0. The maximum absolute atomic E-state index is 14.5. The summed E-state index contributed by atoms with van der Waals surface area (Å²) in [5, 5.41) is 7.76. The van der Waals surface area contributed by atoms with Crippen LogP contribution >= 0.6 is 22.9 Å². The number of fused-ring (bicyclic) bond motifs is 1. The maximum Gasteiger partial charge on any atom is 0.272 e. The highest BCUT2D eigenvalue weighted by Crippen LogP contribution is 2.36. The lowest BCUT2D eigenvalue weighted by Crippen LogP contribution is -2.51. The highest BCUT2D eigenvalue weighted by molar-refractivity contribution is 7.94. The molecule has 14 heteroatoms. The number of amides is 1. The van der Waals surface area contributed by atoms with Gasteiger partial charge in [0.15, 0.2) is 5.82 Å². The number of carbonyl (C=O) groups excluding carboxylic acids is 1. The molecule has 0 spiro atoms. The third-order valence-electron chi connectivity index (χ3n) is 6.54. The smallest absolute Gasteiger partial charge is 0.272 e. The predicted molar refractivity (Wildman–Crippen MR) is 151 cm³/mol. The maximum atomic E-state index is 14.5. The Morgan fingerprint density at radius 3 is 2.77 bits per heavy atom. The number of thiophene rings is 1. The van der Waals surface area contributed by atoms with Gasteiger partial charge in [0, 0.05) is 25.2 Å². The lowest BCUT2D eigenvalue weighted by atomic mass is 10.1. The van der Waals surface area contributed by atoms with Crippen LogP contribution in [0.25, 0.3) is 10.9 Å². The van der Waals surface area contributed by atoms with Gasteiger partial charge in [-0.25, -0.2) is 12.8 Å². The van der Waals surface area contributed by atoms with Gasteiger partial charge >= 0.3 is 0 Å². The van der Waals surface area contributed by atoms with Crippen LogP contribution in [0.3, 0.4) is 0 Å². The van der Waals surface area contributed by atoms with Gasteiger partial charge in [0.25, 0.3) is 10.0 Å². The van der Waals surface area contributed by atoms with E-state index in [4.69, 9.17) is 21.1 Å². The van der Waals surface area contributed by atoms with Crippen molar-refractivity contribution in [3.63, 3.8) is 0 Å². The van der Waals surface area contributed by atoms with E-state index in [9.17, 15) is 17.6 Å². The van der Waals surface area contributed by atoms with Gasteiger partial charge in [-0.1, -0.05) is 35.9 Å². The molecule has 1 aliphatic heterocycles. The van der Waals surface area contributed by atoms with Gasteiger partial charge < -0.3 is 14.8 Å². The Kier molecular flexibility index (Phi) is 8.29. The summed E-state index contributed by atoms with van der Waals surface area (Å²) >= 11 is 6.84. The lowest BCUT2D eigenvalue weighted by Gasteiger charge is -2.31. The van der Waals surface area contributed by atoms with Crippen molar-refractivity contribution < 1.29 is 27.1 Å². The van der Waals surface area contributed by atoms with Crippen molar-refractivity contribution in [2.45, 2.75) is 23.3 Å². The van der Waals surface area contributed by atoms with Crippen LogP contribution in [0.5, 0.6) is 5.75 Å². The third-order valence-corrected chi connectivity index (χ3v) is 9.60. The number of nitrogens with zero attached hydrogens (tertiary/aromatic N) is 3. The highest BCUT2D eigenvalue weighted by Gasteiger charge is 2.26. The molecule has 0 saturated carbocycles. The Morgan fingerprint density at radius 1 is 1.25 bits per heavy atom. The molecule has 1 amide bonds. The van der Waals surface area contributed by atoms with Crippen molar-refractivity contribution in [2.24, 2.45) is 0 Å². The summed E-state index contributed by atoms with van der Waals surface area (Å²) in [7, 11) is -0.743. The van der Waals surface area contributed by atoms with E-state index < -0.39 is 15.8 Å². The Hall–Kier alpha value is -3.23. The first-order chi connectivity index (χ1) is 19.1. The zero-order valence-electron chi connectivity index (χ0n) is 21.7. The molecule has 2 aromatic heterocycles. The Bertz CT molecular complexity index is 1660. The van der Waals surface area contributed by atoms with Gasteiger partial charge in [0.2, 0.25) is 5.91 Å². The van der Waals surface area contributed by atoms with Gasteiger partial charge in [0.05, 0.1) is 42.1 Å². The molecule has 5 rings (SSSR count). The molecule has 1 fully saturated rings. The minimum absolute atomic E-state index is 0.00129. The van der Waals surface area contributed by atoms with E-state index in [-0.39, 0.29) is 34.3 Å². The van der Waals surface area contributed by atoms with Gasteiger partial charge in [-0.05, 0) is 30.3 Å². The minimum Gasteiger partial charge on any atom is -0.496 e. The van der Waals surface area contributed by atoms with Crippen LogP contribution in [-0.2, 0) is 32.6 Å². The molecule has 1 aliphatic rings. The summed E-state index contributed by atoms with van der Waals surface area (Å²) in [6.45, 7) is 2.16. The van der Waals surface area contributed by atoms with Gasteiger partial charge in [-0.3, -0.25) is 19.1 Å². The lowest BCUT2D eigenvalue weighted by molar-refractivity contribution is -0.131. The molecule has 0 aliphatic carbocycles. The van der Waals surface area contributed by atoms with Gasteiger partial charge in [0.1, 0.15) is 21.8 Å². The zero-order valence-corrected chi connectivity index (χ0v) is 24.1. The van der Waals surface area contributed by atoms with E-state index in [1.54, 1.807) is 0 Å². The van der Waals surface area contributed by atoms with E-state index in [0.29, 0.717) is 41.5 Å². The fraction of sp³-hybridized carbons (Fsp3) is 0.308. The van der Waals surface area contributed by atoms with Crippen molar-refractivity contribution in [3.05, 3.63) is 69.8 Å². The summed E-state index contributed by atoms with van der Waals surface area (Å²) < 4.78 is 55.7. The Labute approximate surface area is 239 Å². The monoisotopic (exact) mass is 607 g/mol. The fourth-order valence-corrected chi connectivity index (χ4v) is 6.98. The molecule has 1 atom stereocenters. The number of likely N-dealkylation sites (N-methyl/N-ethyl adjacent to an activating group) is 1. The molecule has 0 bridgehead atoms. The average molecular weight is 608 g/mol. The van der Waals surface area contributed by atoms with Crippen molar-refractivity contribution in [1.29, 1.82) is 0 Å². The predicted octanol–water partition coefficient (Wildman–Crippen LogP) is 3.69. The molecule has 10 nitrogen and oxygen atoms in total. The second-order valence-corrected chi connectivity index (χ2v) is 12.9. The van der Waals surface area contributed by atoms with Crippen LogP contribution in [-0.4, -0.2) is 69.0 Å². The van der Waals surface area contributed by atoms with Crippen LogP contribution in [0.4, 0.5) is 10.2 Å². The van der Waals surface area contributed by atoms with E-state index in [1.807, 2.05) is 36.2 Å². The second kappa shape index (κ2) is 11.7. The quantitative estimate of drug-likeness (QED) is 0.298. The minimum atomic E-state index is -4.01. The number of anilines is 1. The number of rotatable bonds is 9. The van der Waals surface area contributed by atoms with E-state index in [1.165, 1.54) is 36.1 Å². The number of halogens is 2. The standard InChI is InChI=1S/C26H27ClFN5O5S2/c1-32-8-9-38-15-20(32)26(34)29-13-16-4-3-5-17(10-16)14-33-19-11-18(28)12-21(37-2)24(19)25(30-33)31-40(35,36)23-7-6-22(27)39-23/h3-7,10-12,20H,8-9,13-15H2,1-2H3,(H,29,34)(H,30,31). The first-order valence-electron chi connectivity index (χ1n) is 12.3. The van der Waals surface area contributed by atoms with Crippen molar-refractivity contribution in [1.82, 2.24) is 20.0 Å². The number of hydrogen-bond acceptors (Lipinski definition) is 8. The molecule has 2 aromatic carbocycles. The van der Waals surface area contributed by atoms with Crippen LogP contribution in [0, 0.1) is 5.82 Å². The van der Waals surface area contributed by atoms with Crippen molar-refractivity contribution in [2.75, 3.05) is 38.6 Å². The third kappa shape index (κ3) is 6.08. The number of carbonyl (C=O) groups is 1. The van der Waals surface area contributed by atoms with Crippen LogP contribution in [0.15, 0.2) is 52.7 Å². The summed E-state index contributed by atoms with van der Waals surface area (Å²) in [6, 6.07) is 12.5. The molecular weight excluding hydrogens is 581 g/mol. The fourth-order valence-electron chi connectivity index (χ4n) is 4.49. The molecule has 0 radical (unpaired) electrons. The SMILES string of the molecule is COc1cc(F)cc2c1c(NS(=O)(=O)c1ccc(Cl)s1)nn2Cc1cccc(CNC(=O)C2COCCN2C)c1. The van der Waals surface area contributed by atoms with E-state index in [2.05, 4.69) is 15.1 Å². The molecular formula is C26H27ClFN5O5S2. The highest BCUT2D eigenvalue weighted by atomic mass is 35.5. The molecule has 2 N–H and O–H groups in total. The topological polar surface area (TPSA) is 115 Å². The van der Waals surface area contributed by atoms with Crippen molar-refractivity contribution in [3.8, 4) is 5.75 Å². The van der Waals surface area contributed by atoms with Gasteiger partial charge in [-0.2, -0.15) is 5.10 Å². The molecule has 3 heterocycles. The molecule has 40 heavy (non-hydrogen) atoms. The summed E-state index contributed by atoms with van der Waals surface area (Å²) in [4.78, 5) is 14.6. The van der Waals surface area contributed by atoms with Gasteiger partial charge in [-0.15, -0.1) is 11.3 Å². The second-order valence-electron chi connectivity index (χ2n) is 9.28. The molecule has 212 valence electrons. The number of aromatic nitrogens is 2. The number of hydrogen-bond donors (Lipinski definition) is 2. The normalized spacial score (nSPS) is 16.2. The molecule has 1 unspecified atom stereocenters. The Balaban J connectivity index is 1.41. The summed E-state index contributed by atoms with van der Waals surface area (Å²) in [5.74, 6) is -0.537. The van der Waals surface area contributed by atoms with Crippen molar-refractivity contribution >= 4 is 55.6 Å². The van der Waals surface area contributed by atoms with Crippen LogP contribution in [0.1, 0.15) is 11.1 Å². The number of sulfonamides is 1. The summed E-state index contributed by atoms with van der Waals surface area (Å²) in [5.41, 5.74) is 2.02. The van der Waals surface area contributed by atoms with Crippen LogP contribution in [0.2, 0.25) is 4.34 Å². The number of nitrogens with one attached hydrogen (secondary N) is 2. The van der Waals surface area contributed by atoms with E-state index >= 15 is 0 Å². The molecule has 4 aromatic rings. The first-order valence-corrected chi connectivity index (χ1v) is 15.0. The number of morpholine rings is 1. The largest absolute Gasteiger partial charge is 0.496 e. The first kappa shape index (κ1) is 28.3. The number of methoxy groups -OCH3 is 1. The molecule has 1 saturated heterocycles. The van der Waals surface area contributed by atoms with Crippen LogP contribution < -0.4 is 14.8 Å². The Morgan fingerprint density at radius 2 is 2.05 bits per heavy atom. The zero-order chi connectivity index (χ0) is 28.4. The number of benzene rings is 2. The van der Waals surface area contributed by atoms with E-state index in [0.717, 1.165) is 22.5 Å². The average Bonchev–Trinajstić information content (AvgIpc) is 3.51. The number of ether oxygens (including phenoxy) is 2.